The van der Waals surface area contributed by atoms with Crippen molar-refractivity contribution in [2.24, 2.45) is 0 Å². The van der Waals surface area contributed by atoms with E-state index in [1.807, 2.05) is 51.1 Å². The monoisotopic (exact) mass is 344 g/mol. The van der Waals surface area contributed by atoms with E-state index in [9.17, 15) is 9.59 Å². The first-order chi connectivity index (χ1) is 11.4. The summed E-state index contributed by atoms with van der Waals surface area (Å²) in [5, 5.41) is 4.59. The van der Waals surface area contributed by atoms with Gasteiger partial charge in [0.1, 0.15) is 5.25 Å². The van der Waals surface area contributed by atoms with Crippen LogP contribution in [0.5, 0.6) is 0 Å². The van der Waals surface area contributed by atoms with Crippen molar-refractivity contribution >= 4 is 23.7 Å². The zero-order chi connectivity index (χ0) is 17.7. The largest absolute Gasteiger partial charge is 0.341 e. The smallest absolute Gasteiger partial charge is 0.321 e. The topological polar surface area (TPSA) is 84.0 Å². The number of urea groups is 1. The molecule has 24 heavy (non-hydrogen) atoms. The van der Waals surface area contributed by atoms with Gasteiger partial charge in [0.05, 0.1) is 0 Å². The van der Waals surface area contributed by atoms with E-state index < -0.39 is 17.2 Å². The van der Waals surface area contributed by atoms with Crippen LogP contribution in [0.4, 0.5) is 4.79 Å². The Kier molecular flexibility index (Phi) is 5.92. The number of aryl methyl sites for hydroxylation is 2. The Labute approximate surface area is 145 Å². The third kappa shape index (κ3) is 4.32. The number of thioether (sulfide) groups is 1. The van der Waals surface area contributed by atoms with Crippen LogP contribution in [0.25, 0.3) is 0 Å². The zero-order valence-corrected chi connectivity index (χ0v) is 14.9. The molecule has 3 amide bonds. The molecule has 0 radical (unpaired) electrons. The van der Waals surface area contributed by atoms with Gasteiger partial charge in [0.15, 0.2) is 5.16 Å². The van der Waals surface area contributed by atoms with Crippen molar-refractivity contribution in [1.29, 1.82) is 0 Å². The minimum absolute atomic E-state index is 0.412. The molecule has 0 bridgehead atoms. The Morgan fingerprint density at radius 3 is 2.17 bits per heavy atom. The van der Waals surface area contributed by atoms with Crippen LogP contribution in [0, 0.1) is 20.8 Å². The lowest BCUT2D eigenvalue weighted by Crippen LogP contribution is -2.39. The van der Waals surface area contributed by atoms with E-state index in [0.717, 1.165) is 22.5 Å². The molecule has 126 valence electrons. The Balaban J connectivity index is 2.33. The SMILES string of the molecule is CNC(=O)NC(=O)[C@@H](Sc1nc(C)c(C)c(C)n1)c1ccccc1. The fourth-order valence-corrected chi connectivity index (χ4v) is 3.09. The summed E-state index contributed by atoms with van der Waals surface area (Å²) in [5.74, 6) is -0.412. The maximum Gasteiger partial charge on any atom is 0.321 e. The number of aromatic nitrogens is 2. The van der Waals surface area contributed by atoms with E-state index in [1.165, 1.54) is 18.8 Å². The minimum Gasteiger partial charge on any atom is -0.341 e. The van der Waals surface area contributed by atoms with Gasteiger partial charge in [0.25, 0.3) is 0 Å². The maximum atomic E-state index is 12.5. The quantitative estimate of drug-likeness (QED) is 0.658. The first-order valence-electron chi connectivity index (χ1n) is 7.48. The van der Waals surface area contributed by atoms with Gasteiger partial charge in [0.2, 0.25) is 5.91 Å². The van der Waals surface area contributed by atoms with Gasteiger partial charge >= 0.3 is 6.03 Å². The number of hydrogen-bond acceptors (Lipinski definition) is 5. The number of nitrogens with one attached hydrogen (secondary N) is 2. The highest BCUT2D eigenvalue weighted by molar-refractivity contribution is 8.00. The molecule has 1 atom stereocenters. The normalized spacial score (nSPS) is 11.7. The van der Waals surface area contributed by atoms with Crippen molar-refractivity contribution in [3.8, 4) is 0 Å². The molecule has 0 aliphatic rings. The van der Waals surface area contributed by atoms with E-state index in [-0.39, 0.29) is 0 Å². The summed E-state index contributed by atoms with van der Waals surface area (Å²) in [4.78, 5) is 32.9. The van der Waals surface area contributed by atoms with Crippen LogP contribution in [0.3, 0.4) is 0 Å². The third-order valence-electron chi connectivity index (χ3n) is 3.64. The van der Waals surface area contributed by atoms with E-state index in [0.29, 0.717) is 5.16 Å². The minimum atomic E-state index is -0.620. The molecule has 0 fully saturated rings. The maximum absolute atomic E-state index is 12.5. The lowest BCUT2D eigenvalue weighted by Gasteiger charge is -2.16. The number of carbonyl (C=O) groups is 2. The van der Waals surface area contributed by atoms with E-state index >= 15 is 0 Å². The molecule has 0 saturated heterocycles. The summed E-state index contributed by atoms with van der Waals surface area (Å²) < 4.78 is 0. The molecule has 0 aliphatic heterocycles. The van der Waals surface area contributed by atoms with Crippen LogP contribution in [-0.2, 0) is 4.79 Å². The first-order valence-corrected chi connectivity index (χ1v) is 8.36. The van der Waals surface area contributed by atoms with Crippen molar-refractivity contribution in [1.82, 2.24) is 20.6 Å². The summed E-state index contributed by atoms with van der Waals surface area (Å²) in [7, 11) is 1.46. The van der Waals surface area contributed by atoms with Gasteiger partial charge in [-0.2, -0.15) is 0 Å². The molecule has 2 rings (SSSR count). The number of amides is 3. The molecular formula is C17H20N4O2S. The van der Waals surface area contributed by atoms with Crippen molar-refractivity contribution in [2.75, 3.05) is 7.05 Å². The molecule has 0 aliphatic carbocycles. The van der Waals surface area contributed by atoms with Crippen LogP contribution in [0.15, 0.2) is 35.5 Å². The Morgan fingerprint density at radius 2 is 1.62 bits per heavy atom. The zero-order valence-electron chi connectivity index (χ0n) is 14.1. The average molecular weight is 344 g/mol. The second kappa shape index (κ2) is 7.92. The fourth-order valence-electron chi connectivity index (χ4n) is 2.04. The molecule has 2 aromatic rings. The predicted octanol–water partition coefficient (Wildman–Crippen LogP) is 2.69. The van der Waals surface area contributed by atoms with E-state index in [2.05, 4.69) is 20.6 Å². The van der Waals surface area contributed by atoms with Gasteiger partial charge in [-0.3, -0.25) is 10.1 Å². The number of rotatable bonds is 4. The van der Waals surface area contributed by atoms with Gasteiger partial charge in [0, 0.05) is 18.4 Å². The molecule has 1 heterocycles. The van der Waals surface area contributed by atoms with Crippen LogP contribution >= 0.6 is 11.8 Å². The number of benzene rings is 1. The summed E-state index contributed by atoms with van der Waals surface area (Å²) >= 11 is 1.23. The summed E-state index contributed by atoms with van der Waals surface area (Å²) in [5.41, 5.74) is 3.57. The van der Waals surface area contributed by atoms with Crippen LogP contribution in [0.2, 0.25) is 0 Å². The molecule has 0 saturated carbocycles. The second-order valence-corrected chi connectivity index (χ2v) is 6.35. The van der Waals surface area contributed by atoms with Gasteiger partial charge in [-0.05, 0) is 31.9 Å². The predicted molar refractivity (Wildman–Crippen MR) is 93.9 cm³/mol. The van der Waals surface area contributed by atoms with Crippen molar-refractivity contribution in [3.63, 3.8) is 0 Å². The Bertz CT molecular complexity index is 727. The fraction of sp³-hybridized carbons (Fsp3) is 0.294. The molecule has 0 unspecified atom stereocenters. The number of carbonyl (C=O) groups excluding carboxylic acids is 2. The number of nitrogens with zero attached hydrogens (tertiary/aromatic N) is 2. The average Bonchev–Trinajstić information content (AvgIpc) is 2.57. The molecule has 0 spiro atoms. The second-order valence-electron chi connectivity index (χ2n) is 5.28. The van der Waals surface area contributed by atoms with Gasteiger partial charge in [-0.15, -0.1) is 0 Å². The number of hydrogen-bond donors (Lipinski definition) is 2. The lowest BCUT2D eigenvalue weighted by molar-refractivity contribution is -0.119. The van der Waals surface area contributed by atoms with Crippen molar-refractivity contribution < 1.29 is 9.59 Å². The molecule has 1 aromatic heterocycles. The highest BCUT2D eigenvalue weighted by Gasteiger charge is 2.25. The van der Waals surface area contributed by atoms with Crippen molar-refractivity contribution in [2.45, 2.75) is 31.2 Å². The van der Waals surface area contributed by atoms with Crippen LogP contribution < -0.4 is 10.6 Å². The first kappa shape index (κ1) is 17.9. The van der Waals surface area contributed by atoms with Gasteiger partial charge < -0.3 is 5.32 Å². The summed E-state index contributed by atoms with van der Waals surface area (Å²) in [6, 6.07) is 8.71. The van der Waals surface area contributed by atoms with Crippen molar-refractivity contribution in [3.05, 3.63) is 52.8 Å². The van der Waals surface area contributed by atoms with Crippen LogP contribution in [-0.4, -0.2) is 29.0 Å². The molecule has 6 nitrogen and oxygen atoms in total. The Morgan fingerprint density at radius 1 is 1.04 bits per heavy atom. The Hall–Kier alpha value is -2.41. The highest BCUT2D eigenvalue weighted by atomic mass is 32.2. The summed E-state index contributed by atoms with van der Waals surface area (Å²) in [6.45, 7) is 5.79. The third-order valence-corrected chi connectivity index (χ3v) is 4.75. The highest BCUT2D eigenvalue weighted by Crippen LogP contribution is 2.34. The molecule has 7 heteroatoms. The van der Waals surface area contributed by atoms with E-state index in [4.69, 9.17) is 0 Å². The summed E-state index contributed by atoms with van der Waals surface area (Å²) in [6.07, 6.45) is 0. The van der Waals surface area contributed by atoms with Crippen LogP contribution in [0.1, 0.15) is 27.8 Å². The van der Waals surface area contributed by atoms with E-state index in [1.54, 1.807) is 0 Å². The lowest BCUT2D eigenvalue weighted by atomic mass is 10.1. The number of imide groups is 1. The molecule has 2 N–H and O–H groups in total. The van der Waals surface area contributed by atoms with Gasteiger partial charge in [-0.25, -0.2) is 14.8 Å². The molecular weight excluding hydrogens is 324 g/mol. The molecule has 1 aromatic carbocycles. The standard InChI is InChI=1S/C17H20N4O2S/c1-10-11(2)19-17(20-12(10)3)24-14(13-8-6-5-7-9-13)15(22)21-16(23)18-4/h5-9,14H,1-4H3,(H2,18,21,22,23)/t14-/m0/s1. The van der Waals surface area contributed by atoms with Gasteiger partial charge in [-0.1, -0.05) is 42.1 Å².